The number of carbonyl (C=O) groups is 2. The molecule has 0 radical (unpaired) electrons. The van der Waals surface area contributed by atoms with Crippen LogP contribution in [0.4, 0.5) is 0 Å². The van der Waals surface area contributed by atoms with Crippen LogP contribution in [0.2, 0.25) is 0 Å². The fourth-order valence-corrected chi connectivity index (χ4v) is 2.62. The summed E-state index contributed by atoms with van der Waals surface area (Å²) in [6.45, 7) is 1.21. The maximum absolute atomic E-state index is 12.4. The summed E-state index contributed by atoms with van der Waals surface area (Å²) in [5.41, 5.74) is 2.01. The number of carbonyl (C=O) groups excluding carboxylic acids is 2. The van der Waals surface area contributed by atoms with Crippen molar-refractivity contribution in [2.45, 2.75) is 0 Å². The van der Waals surface area contributed by atoms with Crippen molar-refractivity contribution in [1.29, 1.82) is 0 Å². The minimum atomic E-state index is -0.320. The van der Waals surface area contributed by atoms with Crippen molar-refractivity contribution in [2.75, 3.05) is 33.7 Å². The molecule has 0 aliphatic heterocycles. The molecule has 7 heteroatoms. The van der Waals surface area contributed by atoms with E-state index in [0.29, 0.717) is 23.4 Å². The van der Waals surface area contributed by atoms with Crippen molar-refractivity contribution in [3.05, 3.63) is 54.1 Å². The molecule has 0 atom stereocenters. The quantitative estimate of drug-likeness (QED) is 0.667. The summed E-state index contributed by atoms with van der Waals surface area (Å²) in [6.07, 6.45) is 0. The second-order valence-electron chi connectivity index (χ2n) is 6.45. The molecule has 7 nitrogen and oxygen atoms in total. The van der Waals surface area contributed by atoms with Gasteiger partial charge in [0, 0.05) is 24.2 Å². The van der Waals surface area contributed by atoms with E-state index < -0.39 is 0 Å². The molecule has 0 spiro atoms. The van der Waals surface area contributed by atoms with E-state index in [4.69, 9.17) is 4.52 Å². The largest absolute Gasteiger partial charge is 0.355 e. The Kier molecular flexibility index (Phi) is 5.83. The molecule has 0 bridgehead atoms. The van der Waals surface area contributed by atoms with E-state index in [1.54, 1.807) is 18.2 Å². The van der Waals surface area contributed by atoms with E-state index >= 15 is 0 Å². The van der Waals surface area contributed by atoms with Gasteiger partial charge in [-0.3, -0.25) is 9.59 Å². The van der Waals surface area contributed by atoms with E-state index in [2.05, 4.69) is 15.8 Å². The highest BCUT2D eigenvalue weighted by atomic mass is 16.5. The molecular formula is C20H22N4O3. The third-order valence-corrected chi connectivity index (χ3v) is 4.07. The molecule has 1 aromatic heterocycles. The highest BCUT2D eigenvalue weighted by Crippen LogP contribution is 2.29. The van der Waals surface area contributed by atoms with Crippen LogP contribution in [-0.2, 0) is 4.79 Å². The minimum absolute atomic E-state index is 0.0700. The molecule has 2 aromatic carbocycles. The number of fused-ring (bicyclic) bond motifs is 1. The Labute approximate surface area is 157 Å². The maximum Gasteiger partial charge on any atom is 0.251 e. The summed E-state index contributed by atoms with van der Waals surface area (Å²) in [7, 11) is 3.86. The second-order valence-corrected chi connectivity index (χ2v) is 6.45. The van der Waals surface area contributed by atoms with Crippen LogP contribution in [0, 0.1) is 0 Å². The van der Waals surface area contributed by atoms with Crippen molar-refractivity contribution in [2.24, 2.45) is 0 Å². The van der Waals surface area contributed by atoms with Crippen molar-refractivity contribution in [1.82, 2.24) is 20.7 Å². The van der Waals surface area contributed by atoms with Gasteiger partial charge in [-0.15, -0.1) is 0 Å². The summed E-state index contributed by atoms with van der Waals surface area (Å²) >= 11 is 0. The van der Waals surface area contributed by atoms with E-state index in [9.17, 15) is 9.59 Å². The van der Waals surface area contributed by atoms with Crippen LogP contribution < -0.4 is 10.6 Å². The summed E-state index contributed by atoms with van der Waals surface area (Å²) in [5.74, 6) is 0.0720. The third-order valence-electron chi connectivity index (χ3n) is 4.07. The van der Waals surface area contributed by atoms with E-state index in [1.807, 2.05) is 49.3 Å². The van der Waals surface area contributed by atoms with E-state index in [-0.39, 0.29) is 18.4 Å². The maximum atomic E-state index is 12.4. The van der Waals surface area contributed by atoms with Gasteiger partial charge in [0.1, 0.15) is 5.52 Å². The number of amides is 2. The average Bonchev–Trinajstić information content (AvgIpc) is 3.09. The van der Waals surface area contributed by atoms with Crippen molar-refractivity contribution >= 4 is 22.7 Å². The number of likely N-dealkylation sites (N-methyl/N-ethyl adjacent to an activating group) is 1. The first kappa shape index (κ1) is 18.6. The van der Waals surface area contributed by atoms with Crippen molar-refractivity contribution in [3.63, 3.8) is 0 Å². The second kappa shape index (κ2) is 8.46. The fraction of sp³-hybridized carbons (Fsp3) is 0.250. The van der Waals surface area contributed by atoms with Crippen LogP contribution >= 0.6 is 0 Å². The summed E-state index contributed by atoms with van der Waals surface area (Å²) in [4.78, 5) is 26.2. The Hall–Kier alpha value is -3.19. The predicted molar refractivity (Wildman–Crippen MR) is 103 cm³/mol. The lowest BCUT2D eigenvalue weighted by Crippen LogP contribution is -2.39. The van der Waals surface area contributed by atoms with Crippen LogP contribution in [0.3, 0.4) is 0 Å². The first-order valence-corrected chi connectivity index (χ1v) is 8.69. The Bertz CT molecular complexity index is 935. The van der Waals surface area contributed by atoms with Gasteiger partial charge in [0.15, 0.2) is 5.76 Å². The van der Waals surface area contributed by atoms with Crippen molar-refractivity contribution in [3.8, 4) is 11.3 Å². The number of rotatable bonds is 7. The molecule has 2 amide bonds. The Morgan fingerprint density at radius 2 is 1.85 bits per heavy atom. The lowest BCUT2D eigenvalue weighted by atomic mass is 10.1. The summed E-state index contributed by atoms with van der Waals surface area (Å²) in [5, 5.41) is 10.2. The summed E-state index contributed by atoms with van der Waals surface area (Å²) in [6, 6.07) is 14.7. The molecule has 3 aromatic rings. The van der Waals surface area contributed by atoms with Crippen LogP contribution in [0.15, 0.2) is 53.1 Å². The minimum Gasteiger partial charge on any atom is -0.355 e. The lowest BCUT2D eigenvalue weighted by molar-refractivity contribution is -0.120. The predicted octanol–water partition coefficient (Wildman–Crippen LogP) is 1.90. The number of hydrogen-bond donors (Lipinski definition) is 2. The molecule has 0 aliphatic rings. The van der Waals surface area contributed by atoms with Gasteiger partial charge in [-0.05, 0) is 32.3 Å². The van der Waals surface area contributed by atoms with Gasteiger partial charge in [-0.2, -0.15) is 0 Å². The zero-order valence-corrected chi connectivity index (χ0v) is 15.4. The molecule has 0 unspecified atom stereocenters. The number of hydrogen-bond acceptors (Lipinski definition) is 5. The van der Waals surface area contributed by atoms with E-state index in [0.717, 1.165) is 17.5 Å². The molecule has 0 saturated carbocycles. The van der Waals surface area contributed by atoms with Gasteiger partial charge in [-0.25, -0.2) is 0 Å². The number of aromatic nitrogens is 1. The van der Waals surface area contributed by atoms with Gasteiger partial charge >= 0.3 is 0 Å². The molecule has 0 fully saturated rings. The number of nitrogens with one attached hydrogen (secondary N) is 2. The van der Waals surface area contributed by atoms with Gasteiger partial charge in [-0.1, -0.05) is 35.5 Å². The standard InChI is InChI=1S/C20H22N4O3/c1-24(2)11-10-21-18(25)13-22-20(26)15-8-9-17-16(12-15)19(27-23-17)14-6-4-3-5-7-14/h3-9,12H,10-11,13H2,1-2H3,(H,21,25)(H,22,26). The smallest absolute Gasteiger partial charge is 0.251 e. The zero-order chi connectivity index (χ0) is 19.2. The first-order valence-electron chi connectivity index (χ1n) is 8.69. The number of benzene rings is 2. The van der Waals surface area contributed by atoms with Crippen LogP contribution in [0.1, 0.15) is 10.4 Å². The van der Waals surface area contributed by atoms with Crippen LogP contribution in [0.5, 0.6) is 0 Å². The third kappa shape index (κ3) is 4.71. The Balaban J connectivity index is 1.68. The monoisotopic (exact) mass is 366 g/mol. The van der Waals surface area contributed by atoms with Gasteiger partial charge in [0.25, 0.3) is 5.91 Å². The lowest BCUT2D eigenvalue weighted by Gasteiger charge is -2.10. The van der Waals surface area contributed by atoms with E-state index in [1.165, 1.54) is 0 Å². The molecule has 1 heterocycles. The van der Waals surface area contributed by atoms with Gasteiger partial charge in [0.05, 0.1) is 11.9 Å². The molecule has 27 heavy (non-hydrogen) atoms. The first-order chi connectivity index (χ1) is 13.0. The topological polar surface area (TPSA) is 87.5 Å². The molecule has 3 rings (SSSR count). The van der Waals surface area contributed by atoms with Gasteiger partial charge < -0.3 is 20.1 Å². The zero-order valence-electron chi connectivity index (χ0n) is 15.4. The molecule has 0 saturated heterocycles. The normalized spacial score (nSPS) is 10.9. The van der Waals surface area contributed by atoms with Crippen LogP contribution in [0.25, 0.3) is 22.2 Å². The highest BCUT2D eigenvalue weighted by molar-refractivity contribution is 6.01. The molecular weight excluding hydrogens is 344 g/mol. The van der Waals surface area contributed by atoms with Gasteiger partial charge in [0.2, 0.25) is 5.91 Å². The van der Waals surface area contributed by atoms with Crippen LogP contribution in [-0.4, -0.2) is 55.6 Å². The fourth-order valence-electron chi connectivity index (χ4n) is 2.62. The van der Waals surface area contributed by atoms with Crippen molar-refractivity contribution < 1.29 is 14.1 Å². The Morgan fingerprint density at radius 1 is 1.07 bits per heavy atom. The SMILES string of the molecule is CN(C)CCNC(=O)CNC(=O)c1ccc2noc(-c3ccccc3)c2c1. The highest BCUT2D eigenvalue weighted by Gasteiger charge is 2.14. The Morgan fingerprint density at radius 3 is 2.59 bits per heavy atom. The summed E-state index contributed by atoms with van der Waals surface area (Å²) < 4.78 is 5.45. The number of nitrogens with zero attached hydrogens (tertiary/aromatic N) is 2. The molecule has 0 aliphatic carbocycles. The molecule has 2 N–H and O–H groups in total. The average molecular weight is 366 g/mol. The molecule has 140 valence electrons.